The average molecular weight is 143 g/mol. The fourth-order valence-electron chi connectivity index (χ4n) is 0.495. The molecule has 0 aromatic carbocycles. The second-order valence-electron chi connectivity index (χ2n) is 1.78. The van der Waals surface area contributed by atoms with Gasteiger partial charge in [-0.3, -0.25) is 10.4 Å². The molecule has 0 saturated carbocycles. The summed E-state index contributed by atoms with van der Waals surface area (Å²) in [5.74, 6) is 0.958. The summed E-state index contributed by atoms with van der Waals surface area (Å²) in [6, 6.07) is 0. The lowest BCUT2D eigenvalue weighted by atomic mass is 10.5. The summed E-state index contributed by atoms with van der Waals surface area (Å²) in [7, 11) is 1.76. The van der Waals surface area contributed by atoms with Gasteiger partial charge in [0, 0.05) is 18.5 Å². The van der Waals surface area contributed by atoms with Gasteiger partial charge in [0.25, 0.3) is 0 Å². The van der Waals surface area contributed by atoms with Gasteiger partial charge in [-0.1, -0.05) is 11.8 Å². The maximum absolute atomic E-state index is 4.00. The van der Waals surface area contributed by atoms with E-state index in [0.29, 0.717) is 0 Å². The Kier molecular flexibility index (Phi) is 2.10. The van der Waals surface area contributed by atoms with Crippen molar-refractivity contribution in [1.29, 1.82) is 0 Å². The number of hydrogen-bond acceptors (Lipinski definition) is 3. The van der Waals surface area contributed by atoms with E-state index in [0.717, 1.165) is 16.6 Å². The standard InChI is InChI=1S/C5H9N3S/c1-4-3-9-5(6-2)8-7-4/h3H2,1-2H3,(H,6,8). The third-order valence-corrected chi connectivity index (χ3v) is 2.07. The van der Waals surface area contributed by atoms with Crippen LogP contribution in [0.4, 0.5) is 0 Å². The van der Waals surface area contributed by atoms with Gasteiger partial charge in [0.05, 0.1) is 0 Å². The van der Waals surface area contributed by atoms with Gasteiger partial charge in [0.1, 0.15) is 0 Å². The van der Waals surface area contributed by atoms with Gasteiger partial charge >= 0.3 is 0 Å². The third kappa shape index (κ3) is 1.71. The summed E-state index contributed by atoms with van der Waals surface area (Å²) in [6.45, 7) is 1.99. The molecular weight excluding hydrogens is 134 g/mol. The summed E-state index contributed by atoms with van der Waals surface area (Å²) in [6.07, 6.45) is 0. The van der Waals surface area contributed by atoms with Crippen LogP contribution in [0.25, 0.3) is 0 Å². The first-order valence-corrected chi connectivity index (χ1v) is 3.70. The zero-order valence-electron chi connectivity index (χ0n) is 5.51. The molecule has 1 N–H and O–H groups in total. The van der Waals surface area contributed by atoms with Crippen molar-refractivity contribution in [2.24, 2.45) is 10.1 Å². The van der Waals surface area contributed by atoms with E-state index in [-0.39, 0.29) is 0 Å². The maximum Gasteiger partial charge on any atom is 0.177 e. The van der Waals surface area contributed by atoms with Crippen LogP contribution < -0.4 is 5.43 Å². The Hall–Kier alpha value is -0.510. The van der Waals surface area contributed by atoms with Gasteiger partial charge in [0.15, 0.2) is 5.17 Å². The van der Waals surface area contributed by atoms with E-state index in [4.69, 9.17) is 0 Å². The molecule has 50 valence electrons. The van der Waals surface area contributed by atoms with Crippen molar-refractivity contribution in [2.45, 2.75) is 6.92 Å². The molecule has 0 atom stereocenters. The number of thioether (sulfide) groups is 1. The molecule has 4 heteroatoms. The molecule has 1 aliphatic heterocycles. The molecule has 0 spiro atoms. The predicted molar refractivity (Wildman–Crippen MR) is 42.1 cm³/mol. The van der Waals surface area contributed by atoms with Crippen LogP contribution in [0.1, 0.15) is 6.92 Å². The van der Waals surface area contributed by atoms with Crippen molar-refractivity contribution in [1.82, 2.24) is 5.43 Å². The zero-order valence-corrected chi connectivity index (χ0v) is 6.33. The first-order chi connectivity index (χ1) is 4.33. The van der Waals surface area contributed by atoms with Crippen LogP contribution in [0.5, 0.6) is 0 Å². The maximum atomic E-state index is 4.00. The van der Waals surface area contributed by atoms with E-state index in [2.05, 4.69) is 15.5 Å². The van der Waals surface area contributed by atoms with Crippen molar-refractivity contribution in [3.8, 4) is 0 Å². The second kappa shape index (κ2) is 2.87. The fraction of sp³-hybridized carbons (Fsp3) is 0.600. The number of hydrazone groups is 1. The summed E-state index contributed by atoms with van der Waals surface area (Å²) in [5.41, 5.74) is 3.94. The summed E-state index contributed by atoms with van der Waals surface area (Å²) in [4.78, 5) is 3.94. The van der Waals surface area contributed by atoms with E-state index in [9.17, 15) is 0 Å². The highest BCUT2D eigenvalue weighted by molar-refractivity contribution is 8.14. The topological polar surface area (TPSA) is 36.8 Å². The molecule has 0 aromatic heterocycles. The van der Waals surface area contributed by atoms with E-state index in [1.165, 1.54) is 0 Å². The van der Waals surface area contributed by atoms with Crippen LogP contribution in [0.3, 0.4) is 0 Å². The minimum atomic E-state index is 0.903. The summed E-state index contributed by atoms with van der Waals surface area (Å²) < 4.78 is 0. The molecule has 1 aliphatic rings. The highest BCUT2D eigenvalue weighted by atomic mass is 32.2. The smallest absolute Gasteiger partial charge is 0.177 e. The molecule has 1 heterocycles. The van der Waals surface area contributed by atoms with Crippen LogP contribution in [0, 0.1) is 0 Å². The number of aliphatic imine (C=N–C) groups is 1. The van der Waals surface area contributed by atoms with Gasteiger partial charge in [0.2, 0.25) is 0 Å². The quantitative estimate of drug-likeness (QED) is 0.541. The first kappa shape index (κ1) is 6.61. The van der Waals surface area contributed by atoms with Crippen LogP contribution in [0.2, 0.25) is 0 Å². The van der Waals surface area contributed by atoms with E-state index in [1.807, 2.05) is 6.92 Å². The molecule has 3 nitrogen and oxygen atoms in total. The Morgan fingerprint density at radius 2 is 2.56 bits per heavy atom. The predicted octanol–water partition coefficient (Wildman–Crippen LogP) is 0.685. The normalized spacial score (nSPS) is 23.3. The molecule has 0 aromatic rings. The van der Waals surface area contributed by atoms with Gasteiger partial charge in [-0.15, -0.1) is 0 Å². The van der Waals surface area contributed by atoms with E-state index < -0.39 is 0 Å². The zero-order chi connectivity index (χ0) is 6.69. The Balaban J connectivity index is 2.56. The van der Waals surface area contributed by atoms with Gasteiger partial charge < -0.3 is 0 Å². The molecule has 0 radical (unpaired) electrons. The Morgan fingerprint density at radius 1 is 1.78 bits per heavy atom. The second-order valence-corrected chi connectivity index (χ2v) is 2.74. The number of amidine groups is 1. The molecule has 1 rings (SSSR count). The van der Waals surface area contributed by atoms with E-state index >= 15 is 0 Å². The van der Waals surface area contributed by atoms with Crippen LogP contribution in [0.15, 0.2) is 10.1 Å². The van der Waals surface area contributed by atoms with Crippen LogP contribution in [-0.4, -0.2) is 23.7 Å². The minimum Gasteiger partial charge on any atom is -0.265 e. The van der Waals surface area contributed by atoms with Crippen molar-refractivity contribution in [3.63, 3.8) is 0 Å². The molecule has 0 amide bonds. The van der Waals surface area contributed by atoms with Gasteiger partial charge in [-0.05, 0) is 6.92 Å². The molecule has 9 heavy (non-hydrogen) atoms. The summed E-state index contributed by atoms with van der Waals surface area (Å²) >= 11 is 1.68. The lowest BCUT2D eigenvalue weighted by Gasteiger charge is -2.09. The Morgan fingerprint density at radius 3 is 3.00 bits per heavy atom. The molecule has 0 bridgehead atoms. The van der Waals surface area contributed by atoms with Crippen molar-refractivity contribution in [3.05, 3.63) is 0 Å². The van der Waals surface area contributed by atoms with Crippen molar-refractivity contribution in [2.75, 3.05) is 12.8 Å². The number of rotatable bonds is 0. The van der Waals surface area contributed by atoms with Gasteiger partial charge in [-0.2, -0.15) is 5.10 Å². The number of hydrogen-bond donors (Lipinski definition) is 1. The molecule has 0 unspecified atom stereocenters. The molecule has 0 aliphatic carbocycles. The number of nitrogens with zero attached hydrogens (tertiary/aromatic N) is 2. The largest absolute Gasteiger partial charge is 0.265 e. The van der Waals surface area contributed by atoms with Crippen LogP contribution in [-0.2, 0) is 0 Å². The lowest BCUT2D eigenvalue weighted by molar-refractivity contribution is 1.03. The average Bonchev–Trinajstić information content (AvgIpc) is 1.90. The molecular formula is C5H9N3S. The van der Waals surface area contributed by atoms with Gasteiger partial charge in [-0.25, -0.2) is 0 Å². The Labute approximate surface area is 58.6 Å². The molecule has 0 fully saturated rings. The summed E-state index contributed by atoms with van der Waals surface area (Å²) in [5, 5.41) is 4.90. The first-order valence-electron chi connectivity index (χ1n) is 2.71. The van der Waals surface area contributed by atoms with Crippen molar-refractivity contribution < 1.29 is 0 Å². The van der Waals surface area contributed by atoms with Crippen molar-refractivity contribution >= 4 is 22.6 Å². The van der Waals surface area contributed by atoms with E-state index in [1.54, 1.807) is 18.8 Å². The lowest BCUT2D eigenvalue weighted by Crippen LogP contribution is -2.22. The monoisotopic (exact) mass is 143 g/mol. The minimum absolute atomic E-state index is 0.903. The fourth-order valence-corrected chi connectivity index (χ4v) is 1.14. The third-order valence-electron chi connectivity index (χ3n) is 0.963. The highest BCUT2D eigenvalue weighted by Crippen LogP contribution is 2.06. The highest BCUT2D eigenvalue weighted by Gasteiger charge is 2.04. The Bertz CT molecular complexity index is 162. The SMILES string of the molecule is CN=C1NN=C(C)CS1. The molecule has 0 saturated heterocycles. The number of nitrogens with one attached hydrogen (secondary N) is 1. The van der Waals surface area contributed by atoms with Crippen LogP contribution >= 0.6 is 11.8 Å².